The highest BCUT2D eigenvalue weighted by atomic mass is 31.1. The van der Waals surface area contributed by atoms with Crippen LogP contribution in [0.5, 0.6) is 23.0 Å². The van der Waals surface area contributed by atoms with Gasteiger partial charge in [-0.15, -0.1) is 0 Å². The van der Waals surface area contributed by atoms with Gasteiger partial charge >= 0.3 is 0 Å². The van der Waals surface area contributed by atoms with Gasteiger partial charge in [0, 0.05) is 16.9 Å². The van der Waals surface area contributed by atoms with Crippen LogP contribution >= 0.6 is 8.58 Å². The number of ether oxygens (including phenoxy) is 2. The Morgan fingerprint density at radius 2 is 1.23 bits per heavy atom. The minimum Gasteiger partial charge on any atom is -0.457 e. The third-order valence-corrected chi connectivity index (χ3v) is 6.02. The van der Waals surface area contributed by atoms with E-state index in [9.17, 15) is 4.79 Å². The van der Waals surface area contributed by atoms with Crippen molar-refractivity contribution in [2.45, 2.75) is 13.8 Å². The average Bonchev–Trinajstić information content (AvgIpc) is 2.77. The van der Waals surface area contributed by atoms with Crippen molar-refractivity contribution in [1.29, 1.82) is 0 Å². The van der Waals surface area contributed by atoms with Gasteiger partial charge in [-0.05, 0) is 70.0 Å². The number of aryl methyl sites for hydroxylation is 2. The summed E-state index contributed by atoms with van der Waals surface area (Å²) in [6, 6.07) is 30.7. The molecule has 154 valence electrons. The van der Waals surface area contributed by atoms with Gasteiger partial charge < -0.3 is 9.47 Å². The molecule has 0 fully saturated rings. The molecule has 0 aliphatic carbocycles. The van der Waals surface area contributed by atoms with Crippen LogP contribution in [0.15, 0.2) is 97.1 Å². The van der Waals surface area contributed by atoms with Crippen LogP contribution in [-0.4, -0.2) is 5.52 Å². The molecule has 0 aliphatic heterocycles. The van der Waals surface area contributed by atoms with Crippen LogP contribution in [-0.2, 0) is 0 Å². The molecule has 3 nitrogen and oxygen atoms in total. The monoisotopic (exact) mass is 426 g/mol. The van der Waals surface area contributed by atoms with Gasteiger partial charge in [-0.3, -0.25) is 4.79 Å². The smallest absolute Gasteiger partial charge is 0.186 e. The molecule has 0 saturated carbocycles. The molecule has 1 unspecified atom stereocenters. The molecule has 0 radical (unpaired) electrons. The summed E-state index contributed by atoms with van der Waals surface area (Å²) in [7, 11) is -0.0562. The Morgan fingerprint density at radius 1 is 0.645 bits per heavy atom. The SMILES string of the molecule is Cc1cccc(C)c1C(=O)Pc1ccc(Oc2ccccc2)cc1Oc1ccccc1. The van der Waals surface area contributed by atoms with Crippen LogP contribution in [0.4, 0.5) is 0 Å². The molecule has 4 aromatic rings. The number of carbonyl (C=O) groups excluding carboxylic acids is 1. The van der Waals surface area contributed by atoms with Gasteiger partial charge in [-0.1, -0.05) is 54.6 Å². The molecule has 0 aliphatic rings. The maximum absolute atomic E-state index is 13.2. The molecule has 0 heterocycles. The second kappa shape index (κ2) is 9.59. The van der Waals surface area contributed by atoms with Gasteiger partial charge in [0.1, 0.15) is 23.0 Å². The molecule has 0 saturated heterocycles. The number of hydrogen-bond acceptors (Lipinski definition) is 3. The van der Waals surface area contributed by atoms with E-state index in [0.29, 0.717) is 17.2 Å². The standard InChI is InChI=1S/C27H23O3P/c1-19-10-9-11-20(2)26(19)27(28)31-25-17-16-23(29-21-12-5-3-6-13-21)18-24(25)30-22-14-7-4-8-15-22/h3-18,31H,1-2H3. The van der Waals surface area contributed by atoms with Crippen molar-refractivity contribution in [2.24, 2.45) is 0 Å². The second-order valence-corrected chi connectivity index (χ2v) is 8.45. The van der Waals surface area contributed by atoms with E-state index < -0.39 is 0 Å². The van der Waals surface area contributed by atoms with Gasteiger partial charge in [0.25, 0.3) is 0 Å². The molecule has 31 heavy (non-hydrogen) atoms. The van der Waals surface area contributed by atoms with Crippen molar-refractivity contribution in [2.75, 3.05) is 0 Å². The summed E-state index contributed by atoms with van der Waals surface area (Å²) in [5, 5.41) is 0.844. The number of para-hydroxylation sites is 2. The minimum absolute atomic E-state index is 0.0562. The summed E-state index contributed by atoms with van der Waals surface area (Å²) in [5.41, 5.74) is 2.88. The fourth-order valence-corrected chi connectivity index (χ4v) is 4.53. The van der Waals surface area contributed by atoms with Crippen LogP contribution in [0.1, 0.15) is 21.5 Å². The third kappa shape index (κ3) is 5.20. The normalized spacial score (nSPS) is 10.9. The Morgan fingerprint density at radius 3 is 1.84 bits per heavy atom. The van der Waals surface area contributed by atoms with E-state index in [4.69, 9.17) is 9.47 Å². The predicted molar refractivity (Wildman–Crippen MR) is 128 cm³/mol. The van der Waals surface area contributed by atoms with Crippen LogP contribution in [0.2, 0.25) is 0 Å². The summed E-state index contributed by atoms with van der Waals surface area (Å²) < 4.78 is 12.1. The van der Waals surface area contributed by atoms with Crippen LogP contribution in [0, 0.1) is 13.8 Å². The first-order valence-corrected chi connectivity index (χ1v) is 11.1. The first-order valence-electron chi connectivity index (χ1n) is 10.1. The van der Waals surface area contributed by atoms with E-state index in [2.05, 4.69) is 0 Å². The first-order chi connectivity index (χ1) is 15.1. The molecule has 0 N–H and O–H groups in total. The van der Waals surface area contributed by atoms with Gasteiger partial charge in [-0.25, -0.2) is 0 Å². The molecule has 4 rings (SSSR count). The first kappa shape index (κ1) is 20.8. The third-order valence-electron chi connectivity index (χ3n) is 4.86. The van der Waals surface area contributed by atoms with Crippen LogP contribution in [0.25, 0.3) is 0 Å². The zero-order chi connectivity index (χ0) is 21.6. The van der Waals surface area contributed by atoms with Crippen molar-refractivity contribution in [3.8, 4) is 23.0 Å². The zero-order valence-corrected chi connectivity index (χ0v) is 18.5. The summed E-state index contributed by atoms with van der Waals surface area (Å²) in [6.07, 6.45) is 0. The van der Waals surface area contributed by atoms with Crippen molar-refractivity contribution < 1.29 is 14.3 Å². The average molecular weight is 426 g/mol. The van der Waals surface area contributed by atoms with E-state index in [1.54, 1.807) is 0 Å². The lowest BCUT2D eigenvalue weighted by Gasteiger charge is -2.14. The van der Waals surface area contributed by atoms with E-state index in [1.165, 1.54) is 0 Å². The van der Waals surface area contributed by atoms with Crippen LogP contribution in [0.3, 0.4) is 0 Å². The summed E-state index contributed by atoms with van der Waals surface area (Å²) in [4.78, 5) is 13.2. The van der Waals surface area contributed by atoms with E-state index in [0.717, 1.165) is 27.7 Å². The summed E-state index contributed by atoms with van der Waals surface area (Å²) >= 11 is 0. The predicted octanol–water partition coefficient (Wildman–Crippen LogP) is 7.03. The maximum Gasteiger partial charge on any atom is 0.186 e. The molecular weight excluding hydrogens is 403 g/mol. The van der Waals surface area contributed by atoms with E-state index >= 15 is 0 Å². The van der Waals surface area contributed by atoms with E-state index in [1.807, 2.05) is 111 Å². The molecule has 0 spiro atoms. The fraction of sp³-hybridized carbons (Fsp3) is 0.0741. The number of carbonyl (C=O) groups is 1. The lowest BCUT2D eigenvalue weighted by Crippen LogP contribution is -2.07. The topological polar surface area (TPSA) is 35.5 Å². The lowest BCUT2D eigenvalue weighted by atomic mass is 10.0. The van der Waals surface area contributed by atoms with Crippen molar-refractivity contribution in [3.05, 3.63) is 114 Å². The van der Waals surface area contributed by atoms with E-state index in [-0.39, 0.29) is 14.1 Å². The van der Waals surface area contributed by atoms with Gasteiger partial charge in [0.2, 0.25) is 0 Å². The molecule has 0 bridgehead atoms. The summed E-state index contributed by atoms with van der Waals surface area (Å²) in [5.74, 6) is 2.74. The van der Waals surface area contributed by atoms with Gasteiger partial charge in [0.15, 0.2) is 5.52 Å². The Balaban J connectivity index is 1.66. The lowest BCUT2D eigenvalue weighted by molar-refractivity contribution is 0.108. The van der Waals surface area contributed by atoms with Crippen LogP contribution < -0.4 is 14.8 Å². The van der Waals surface area contributed by atoms with Crippen molar-refractivity contribution >= 4 is 19.4 Å². The Hall–Kier alpha value is -3.42. The summed E-state index contributed by atoms with van der Waals surface area (Å²) in [6.45, 7) is 3.95. The molecule has 4 aromatic carbocycles. The minimum atomic E-state index is -0.0562. The number of hydrogen-bond donors (Lipinski definition) is 0. The Labute approximate surface area is 184 Å². The quantitative estimate of drug-likeness (QED) is 0.298. The molecule has 0 amide bonds. The number of benzene rings is 4. The largest absolute Gasteiger partial charge is 0.457 e. The highest BCUT2D eigenvalue weighted by Crippen LogP contribution is 2.33. The van der Waals surface area contributed by atoms with Crippen molar-refractivity contribution in [1.82, 2.24) is 0 Å². The maximum atomic E-state index is 13.2. The zero-order valence-electron chi connectivity index (χ0n) is 17.5. The molecular formula is C27H23O3P. The van der Waals surface area contributed by atoms with Gasteiger partial charge in [-0.2, -0.15) is 0 Å². The molecule has 1 atom stereocenters. The molecule has 4 heteroatoms. The second-order valence-electron chi connectivity index (χ2n) is 7.21. The fourth-order valence-electron chi connectivity index (χ4n) is 3.35. The highest BCUT2D eigenvalue weighted by Gasteiger charge is 2.16. The van der Waals surface area contributed by atoms with Gasteiger partial charge in [0.05, 0.1) is 0 Å². The number of rotatable bonds is 7. The Kier molecular flexibility index (Phi) is 6.45. The molecule has 0 aromatic heterocycles. The van der Waals surface area contributed by atoms with Crippen molar-refractivity contribution in [3.63, 3.8) is 0 Å². The highest BCUT2D eigenvalue weighted by molar-refractivity contribution is 7.66. The Bertz CT molecular complexity index is 1170.